The molecule has 1 aliphatic rings. The standard InChI is InChI=1S/C23H23N3O3/c1-15-24-21(12-22(27)25-15)18-10-11-26(14-18)13-16-6-8-17(9-7-16)19-4-2-3-5-20(19)23(28)29/h2-9,12,18H,10-11,13-14H2,1H3,(H,28,29)(H,24,25,27)/t18-/m1/s1. The van der Waals surface area contributed by atoms with Crippen molar-refractivity contribution < 1.29 is 9.90 Å². The van der Waals surface area contributed by atoms with Gasteiger partial charge < -0.3 is 10.1 Å². The van der Waals surface area contributed by atoms with E-state index in [0.29, 0.717) is 11.4 Å². The third-order valence-electron chi connectivity index (χ3n) is 5.40. The van der Waals surface area contributed by atoms with Crippen molar-refractivity contribution in [3.63, 3.8) is 0 Å². The average molecular weight is 389 g/mol. The lowest BCUT2D eigenvalue weighted by molar-refractivity contribution is 0.0697. The van der Waals surface area contributed by atoms with Crippen LogP contribution in [0, 0.1) is 6.92 Å². The molecule has 0 unspecified atom stereocenters. The fourth-order valence-electron chi connectivity index (χ4n) is 4.00. The number of hydrogen-bond acceptors (Lipinski definition) is 4. The molecule has 0 aliphatic carbocycles. The molecular weight excluding hydrogens is 366 g/mol. The van der Waals surface area contributed by atoms with Crippen molar-refractivity contribution >= 4 is 5.97 Å². The van der Waals surface area contributed by atoms with Crippen LogP contribution in [0.3, 0.4) is 0 Å². The van der Waals surface area contributed by atoms with E-state index in [2.05, 4.69) is 27.0 Å². The molecule has 1 fully saturated rings. The number of hydrogen-bond donors (Lipinski definition) is 2. The zero-order chi connectivity index (χ0) is 20.4. The molecule has 1 aromatic heterocycles. The molecule has 0 bridgehead atoms. The average Bonchev–Trinajstić information content (AvgIpc) is 3.16. The minimum atomic E-state index is -0.920. The van der Waals surface area contributed by atoms with Crippen LogP contribution in [-0.2, 0) is 6.54 Å². The lowest BCUT2D eigenvalue weighted by Gasteiger charge is -2.16. The number of carbonyl (C=O) groups is 1. The third kappa shape index (κ3) is 4.27. The van der Waals surface area contributed by atoms with Crippen LogP contribution in [0.1, 0.15) is 39.8 Å². The highest BCUT2D eigenvalue weighted by Crippen LogP contribution is 2.28. The Balaban J connectivity index is 1.45. The van der Waals surface area contributed by atoms with Gasteiger partial charge in [0.15, 0.2) is 0 Å². The first kappa shape index (κ1) is 19.1. The zero-order valence-electron chi connectivity index (χ0n) is 16.3. The van der Waals surface area contributed by atoms with E-state index in [1.165, 1.54) is 5.56 Å². The van der Waals surface area contributed by atoms with Crippen LogP contribution in [0.2, 0.25) is 0 Å². The maximum absolute atomic E-state index is 11.7. The van der Waals surface area contributed by atoms with Gasteiger partial charge in [0, 0.05) is 25.1 Å². The molecule has 3 aromatic rings. The molecule has 2 heterocycles. The van der Waals surface area contributed by atoms with Crippen molar-refractivity contribution in [2.45, 2.75) is 25.8 Å². The molecular formula is C23H23N3O3. The number of aromatic nitrogens is 2. The summed E-state index contributed by atoms with van der Waals surface area (Å²) in [7, 11) is 0. The number of carboxylic acids is 1. The van der Waals surface area contributed by atoms with Gasteiger partial charge in [0.05, 0.1) is 11.3 Å². The predicted octanol–water partition coefficient (Wildman–Crippen LogP) is 3.43. The molecule has 148 valence electrons. The Labute approximate surface area is 168 Å². The van der Waals surface area contributed by atoms with Gasteiger partial charge in [-0.2, -0.15) is 0 Å². The number of aromatic amines is 1. The number of aryl methyl sites for hydroxylation is 1. The van der Waals surface area contributed by atoms with Crippen LogP contribution in [0.15, 0.2) is 59.4 Å². The van der Waals surface area contributed by atoms with E-state index >= 15 is 0 Å². The van der Waals surface area contributed by atoms with Crippen molar-refractivity contribution in [1.29, 1.82) is 0 Å². The van der Waals surface area contributed by atoms with E-state index in [9.17, 15) is 14.7 Å². The first-order valence-electron chi connectivity index (χ1n) is 9.71. The van der Waals surface area contributed by atoms with Crippen LogP contribution in [0.25, 0.3) is 11.1 Å². The van der Waals surface area contributed by atoms with Crippen LogP contribution in [0.4, 0.5) is 0 Å². The van der Waals surface area contributed by atoms with Crippen LogP contribution >= 0.6 is 0 Å². The minimum absolute atomic E-state index is 0.0943. The first-order valence-corrected chi connectivity index (χ1v) is 9.71. The second kappa shape index (κ2) is 8.01. The number of nitrogens with zero attached hydrogens (tertiary/aromatic N) is 2. The van der Waals surface area contributed by atoms with E-state index in [1.807, 2.05) is 31.2 Å². The molecule has 0 saturated carbocycles. The van der Waals surface area contributed by atoms with Crippen LogP contribution < -0.4 is 5.56 Å². The second-order valence-electron chi connectivity index (χ2n) is 7.52. The number of H-pyrrole nitrogens is 1. The quantitative estimate of drug-likeness (QED) is 0.698. The summed E-state index contributed by atoms with van der Waals surface area (Å²) in [6, 6.07) is 16.7. The second-order valence-corrected chi connectivity index (χ2v) is 7.52. The van der Waals surface area contributed by atoms with E-state index in [-0.39, 0.29) is 11.5 Å². The smallest absolute Gasteiger partial charge is 0.336 e. The number of nitrogens with one attached hydrogen (secondary N) is 1. The zero-order valence-corrected chi connectivity index (χ0v) is 16.3. The molecule has 1 atom stereocenters. The normalized spacial score (nSPS) is 16.8. The third-order valence-corrected chi connectivity index (χ3v) is 5.40. The number of rotatable bonds is 5. The Morgan fingerprint density at radius 3 is 2.69 bits per heavy atom. The Kier molecular flexibility index (Phi) is 5.27. The summed E-state index contributed by atoms with van der Waals surface area (Å²) in [6.07, 6.45) is 0.986. The van der Waals surface area contributed by atoms with Gasteiger partial charge in [-0.25, -0.2) is 9.78 Å². The molecule has 6 nitrogen and oxygen atoms in total. The van der Waals surface area contributed by atoms with E-state index in [1.54, 1.807) is 18.2 Å². The van der Waals surface area contributed by atoms with Crippen molar-refractivity contribution in [2.24, 2.45) is 0 Å². The highest BCUT2D eigenvalue weighted by molar-refractivity contribution is 5.95. The monoisotopic (exact) mass is 389 g/mol. The van der Waals surface area contributed by atoms with Crippen molar-refractivity contribution in [2.75, 3.05) is 13.1 Å². The van der Waals surface area contributed by atoms with Crippen LogP contribution in [-0.4, -0.2) is 39.0 Å². The van der Waals surface area contributed by atoms with Crippen molar-refractivity contribution in [3.05, 3.63) is 87.6 Å². The van der Waals surface area contributed by atoms with Gasteiger partial charge in [0.25, 0.3) is 5.56 Å². The number of carboxylic acid groups (broad SMARTS) is 1. The minimum Gasteiger partial charge on any atom is -0.478 e. The SMILES string of the molecule is Cc1nc([C@@H]2CCN(Cc3ccc(-c4ccccc4C(=O)O)cc3)C2)cc(=O)[nH]1. The van der Waals surface area contributed by atoms with E-state index in [0.717, 1.165) is 42.9 Å². The van der Waals surface area contributed by atoms with Gasteiger partial charge in [-0.05, 0) is 42.6 Å². The summed E-state index contributed by atoms with van der Waals surface area (Å²) >= 11 is 0. The fraction of sp³-hybridized carbons (Fsp3) is 0.261. The maximum atomic E-state index is 11.7. The molecule has 0 spiro atoms. The van der Waals surface area contributed by atoms with E-state index < -0.39 is 5.97 Å². The lowest BCUT2D eigenvalue weighted by atomic mass is 9.98. The van der Waals surface area contributed by atoms with Gasteiger partial charge in [-0.15, -0.1) is 0 Å². The summed E-state index contributed by atoms with van der Waals surface area (Å²) in [5, 5.41) is 9.39. The van der Waals surface area contributed by atoms with Gasteiger partial charge >= 0.3 is 5.97 Å². The largest absolute Gasteiger partial charge is 0.478 e. The Morgan fingerprint density at radius 2 is 1.97 bits per heavy atom. The van der Waals surface area contributed by atoms with Gasteiger partial charge in [0.2, 0.25) is 0 Å². The first-order chi connectivity index (χ1) is 14.0. The number of benzene rings is 2. The Morgan fingerprint density at radius 1 is 1.21 bits per heavy atom. The highest BCUT2D eigenvalue weighted by Gasteiger charge is 2.25. The summed E-state index contributed by atoms with van der Waals surface area (Å²) in [4.78, 5) is 32.7. The van der Waals surface area contributed by atoms with Crippen molar-refractivity contribution in [3.8, 4) is 11.1 Å². The highest BCUT2D eigenvalue weighted by atomic mass is 16.4. The lowest BCUT2D eigenvalue weighted by Crippen LogP contribution is -2.20. The maximum Gasteiger partial charge on any atom is 0.336 e. The summed E-state index contributed by atoms with van der Waals surface area (Å²) in [6.45, 7) is 4.46. The molecule has 1 aliphatic heterocycles. The molecule has 2 N–H and O–H groups in total. The molecule has 29 heavy (non-hydrogen) atoms. The van der Waals surface area contributed by atoms with Crippen LogP contribution in [0.5, 0.6) is 0 Å². The summed E-state index contributed by atoms with van der Waals surface area (Å²) in [5.41, 5.74) is 3.89. The molecule has 1 saturated heterocycles. The molecule has 0 amide bonds. The summed E-state index contributed by atoms with van der Waals surface area (Å²) < 4.78 is 0. The Bertz CT molecular complexity index is 1090. The molecule has 4 rings (SSSR count). The topological polar surface area (TPSA) is 86.3 Å². The van der Waals surface area contributed by atoms with Crippen molar-refractivity contribution in [1.82, 2.24) is 14.9 Å². The van der Waals surface area contributed by atoms with Gasteiger partial charge in [0.1, 0.15) is 5.82 Å². The molecule has 2 aromatic carbocycles. The number of likely N-dealkylation sites (tertiary alicyclic amines) is 1. The predicted molar refractivity (Wildman–Crippen MR) is 111 cm³/mol. The molecule has 6 heteroatoms. The fourth-order valence-corrected chi connectivity index (χ4v) is 4.00. The van der Waals surface area contributed by atoms with Gasteiger partial charge in [-0.1, -0.05) is 42.5 Å². The van der Waals surface area contributed by atoms with Gasteiger partial charge in [-0.3, -0.25) is 9.69 Å². The Hall–Kier alpha value is -3.25. The number of aromatic carboxylic acids is 1. The summed E-state index contributed by atoms with van der Waals surface area (Å²) in [5.74, 6) is 0.0114. The van der Waals surface area contributed by atoms with E-state index in [4.69, 9.17) is 0 Å². The molecule has 0 radical (unpaired) electrons.